The van der Waals surface area contributed by atoms with Gasteiger partial charge in [-0.05, 0) is 12.8 Å². The fraction of sp³-hybridized carbons (Fsp3) is 0.929. The molecule has 0 aromatic heterocycles. The second-order valence-corrected chi connectivity index (χ2v) is 4.73. The number of hydrogen-bond donors (Lipinski definition) is 7. The van der Waals surface area contributed by atoms with Crippen LogP contribution < -0.4 is 0 Å². The standard InChI is InChI=1S/C6H12O5.C6H12O4.C2H6/c7-2-4-6(10)3(8)1-5(9)11-4;7-4-5(8)2-1-3-6(9)10;1-2/h3-10H,1-2H2;5,7-8H,1-4H2,(H,9,10);1-2H3. The van der Waals surface area contributed by atoms with Crippen LogP contribution in [0.3, 0.4) is 0 Å². The van der Waals surface area contributed by atoms with Gasteiger partial charge in [-0.2, -0.15) is 0 Å². The summed E-state index contributed by atoms with van der Waals surface area (Å²) in [4.78, 5) is 9.92. The first-order valence-corrected chi connectivity index (χ1v) is 7.63. The summed E-state index contributed by atoms with van der Waals surface area (Å²) in [5.41, 5.74) is 0. The van der Waals surface area contributed by atoms with Crippen LogP contribution in [0.25, 0.3) is 0 Å². The smallest absolute Gasteiger partial charge is 0.303 e. The van der Waals surface area contributed by atoms with Crippen molar-refractivity contribution in [3.63, 3.8) is 0 Å². The molecule has 0 aromatic rings. The van der Waals surface area contributed by atoms with Gasteiger partial charge in [0, 0.05) is 12.8 Å². The van der Waals surface area contributed by atoms with Crippen molar-refractivity contribution >= 4 is 5.97 Å². The number of ether oxygens (including phenoxy) is 1. The number of carboxylic acid groups (broad SMARTS) is 1. The largest absolute Gasteiger partial charge is 0.481 e. The Morgan fingerprint density at radius 1 is 1.22 bits per heavy atom. The van der Waals surface area contributed by atoms with E-state index in [0.717, 1.165) is 0 Å². The lowest BCUT2D eigenvalue weighted by atomic mass is 10.0. The molecule has 1 aliphatic rings. The summed E-state index contributed by atoms with van der Waals surface area (Å²) < 4.78 is 4.71. The molecule has 9 heteroatoms. The molecule has 0 aliphatic carbocycles. The number of rotatable bonds is 6. The Labute approximate surface area is 135 Å². The lowest BCUT2D eigenvalue weighted by Gasteiger charge is -2.33. The highest BCUT2D eigenvalue weighted by Crippen LogP contribution is 2.18. The van der Waals surface area contributed by atoms with Crippen molar-refractivity contribution in [1.82, 2.24) is 0 Å². The Balaban J connectivity index is 0. The summed E-state index contributed by atoms with van der Waals surface area (Å²) >= 11 is 0. The Kier molecular flexibility index (Phi) is 15.7. The molecule has 0 bridgehead atoms. The van der Waals surface area contributed by atoms with Gasteiger partial charge in [0.1, 0.15) is 12.2 Å². The summed E-state index contributed by atoms with van der Waals surface area (Å²) in [6.45, 7) is 3.30. The molecule has 7 N–H and O–H groups in total. The fourth-order valence-electron chi connectivity index (χ4n) is 1.66. The van der Waals surface area contributed by atoms with Crippen molar-refractivity contribution in [3.8, 4) is 0 Å². The van der Waals surface area contributed by atoms with E-state index in [1.165, 1.54) is 0 Å². The van der Waals surface area contributed by atoms with Crippen molar-refractivity contribution in [1.29, 1.82) is 0 Å². The number of aliphatic hydroxyl groups excluding tert-OH is 6. The molecular weight excluding hydrogens is 312 g/mol. The van der Waals surface area contributed by atoms with Crippen molar-refractivity contribution in [2.45, 2.75) is 70.2 Å². The summed E-state index contributed by atoms with van der Waals surface area (Å²) in [6.07, 6.45) is -4.06. The highest BCUT2D eigenvalue weighted by Gasteiger charge is 2.35. The summed E-state index contributed by atoms with van der Waals surface area (Å²) in [6, 6.07) is 0. The normalized spacial score (nSPS) is 27.8. The topological polar surface area (TPSA) is 168 Å². The second-order valence-electron chi connectivity index (χ2n) is 4.73. The first-order valence-electron chi connectivity index (χ1n) is 7.63. The van der Waals surface area contributed by atoms with Crippen molar-refractivity contribution in [2.24, 2.45) is 0 Å². The zero-order valence-corrected chi connectivity index (χ0v) is 13.6. The highest BCUT2D eigenvalue weighted by atomic mass is 16.6. The Morgan fingerprint density at radius 2 is 1.78 bits per heavy atom. The second kappa shape index (κ2) is 14.8. The van der Waals surface area contributed by atoms with E-state index in [9.17, 15) is 4.79 Å². The van der Waals surface area contributed by atoms with E-state index in [2.05, 4.69) is 0 Å². The van der Waals surface area contributed by atoms with Crippen LogP contribution in [0.5, 0.6) is 0 Å². The predicted molar refractivity (Wildman–Crippen MR) is 80.5 cm³/mol. The van der Waals surface area contributed by atoms with E-state index in [4.69, 9.17) is 40.5 Å². The molecule has 1 fully saturated rings. The van der Waals surface area contributed by atoms with E-state index in [0.29, 0.717) is 12.8 Å². The quantitative estimate of drug-likeness (QED) is 0.301. The summed E-state index contributed by atoms with van der Waals surface area (Å²) in [7, 11) is 0. The Hall–Kier alpha value is -0.810. The van der Waals surface area contributed by atoms with E-state index < -0.39 is 43.3 Å². The third-order valence-electron chi connectivity index (χ3n) is 2.87. The summed E-state index contributed by atoms with van der Waals surface area (Å²) in [5.74, 6) is -0.870. The number of carbonyl (C=O) groups is 1. The first kappa shape index (κ1) is 24.4. The molecule has 0 saturated carbocycles. The molecule has 0 aromatic carbocycles. The lowest BCUT2D eigenvalue weighted by molar-refractivity contribution is -0.239. The predicted octanol–water partition coefficient (Wildman–Crippen LogP) is -1.57. The third kappa shape index (κ3) is 12.3. The highest BCUT2D eigenvalue weighted by molar-refractivity contribution is 5.66. The molecule has 140 valence electrons. The molecular formula is C14H30O9. The molecule has 0 amide bonds. The van der Waals surface area contributed by atoms with Crippen LogP contribution in [0.2, 0.25) is 0 Å². The van der Waals surface area contributed by atoms with Gasteiger partial charge in [-0.3, -0.25) is 4.79 Å². The summed E-state index contributed by atoms with van der Waals surface area (Å²) in [5, 5.41) is 60.8. The van der Waals surface area contributed by atoms with Crippen LogP contribution in [0, 0.1) is 0 Å². The van der Waals surface area contributed by atoms with Crippen molar-refractivity contribution in [2.75, 3.05) is 13.2 Å². The Morgan fingerprint density at radius 3 is 2.22 bits per heavy atom. The van der Waals surface area contributed by atoms with Crippen LogP contribution in [0.15, 0.2) is 0 Å². The molecule has 1 heterocycles. The van der Waals surface area contributed by atoms with Gasteiger partial charge in [0.25, 0.3) is 0 Å². The number of aliphatic carboxylic acids is 1. The van der Waals surface area contributed by atoms with Crippen LogP contribution in [-0.2, 0) is 9.53 Å². The minimum Gasteiger partial charge on any atom is -0.481 e. The maximum Gasteiger partial charge on any atom is 0.303 e. The van der Waals surface area contributed by atoms with Crippen molar-refractivity contribution < 1.29 is 45.3 Å². The molecule has 1 saturated heterocycles. The molecule has 0 radical (unpaired) electrons. The van der Waals surface area contributed by atoms with Gasteiger partial charge < -0.3 is 40.5 Å². The lowest BCUT2D eigenvalue weighted by Crippen LogP contribution is -2.49. The molecule has 5 atom stereocenters. The van der Waals surface area contributed by atoms with Gasteiger partial charge in [-0.1, -0.05) is 13.8 Å². The number of aliphatic hydroxyl groups is 6. The van der Waals surface area contributed by atoms with E-state index in [-0.39, 0.29) is 19.4 Å². The maximum absolute atomic E-state index is 9.92. The van der Waals surface area contributed by atoms with E-state index >= 15 is 0 Å². The van der Waals surface area contributed by atoms with Crippen LogP contribution in [0.4, 0.5) is 0 Å². The van der Waals surface area contributed by atoms with Gasteiger partial charge in [-0.25, -0.2) is 0 Å². The minimum atomic E-state index is -1.11. The molecule has 1 rings (SSSR count). The number of hydrogen-bond acceptors (Lipinski definition) is 8. The molecule has 0 spiro atoms. The molecule has 23 heavy (non-hydrogen) atoms. The average molecular weight is 342 g/mol. The zero-order valence-electron chi connectivity index (χ0n) is 13.6. The molecule has 1 aliphatic heterocycles. The molecule has 5 unspecified atom stereocenters. The van der Waals surface area contributed by atoms with E-state index in [1.54, 1.807) is 0 Å². The van der Waals surface area contributed by atoms with Gasteiger partial charge in [0.2, 0.25) is 0 Å². The molecule has 9 nitrogen and oxygen atoms in total. The van der Waals surface area contributed by atoms with Crippen molar-refractivity contribution in [3.05, 3.63) is 0 Å². The monoisotopic (exact) mass is 342 g/mol. The SMILES string of the molecule is CC.O=C(O)CCCC(O)CO.OCC1OC(O)CC(O)C1O. The minimum absolute atomic E-state index is 0.0162. The average Bonchev–Trinajstić information content (AvgIpc) is 2.52. The first-order chi connectivity index (χ1) is 10.8. The number of carboxylic acids is 1. The zero-order chi connectivity index (χ0) is 18.4. The fourth-order valence-corrected chi connectivity index (χ4v) is 1.66. The van der Waals surface area contributed by atoms with Gasteiger partial charge in [-0.15, -0.1) is 0 Å². The van der Waals surface area contributed by atoms with Crippen LogP contribution in [0.1, 0.15) is 39.5 Å². The van der Waals surface area contributed by atoms with Gasteiger partial charge >= 0.3 is 5.97 Å². The van der Waals surface area contributed by atoms with Gasteiger partial charge in [0.05, 0.1) is 25.4 Å². The Bertz CT molecular complexity index is 287. The van der Waals surface area contributed by atoms with Crippen LogP contribution in [-0.4, -0.2) is 85.6 Å². The van der Waals surface area contributed by atoms with E-state index in [1.807, 2.05) is 13.8 Å². The van der Waals surface area contributed by atoms with Crippen LogP contribution >= 0.6 is 0 Å². The third-order valence-corrected chi connectivity index (χ3v) is 2.87. The van der Waals surface area contributed by atoms with Gasteiger partial charge in [0.15, 0.2) is 6.29 Å². The maximum atomic E-state index is 9.92.